The summed E-state index contributed by atoms with van der Waals surface area (Å²) in [6.07, 6.45) is 5.31. The zero-order valence-corrected chi connectivity index (χ0v) is 14.6. The van der Waals surface area contributed by atoms with Gasteiger partial charge in [-0.15, -0.1) is 11.8 Å². The first-order chi connectivity index (χ1) is 10.2. The average molecular weight is 317 g/mol. The van der Waals surface area contributed by atoms with E-state index >= 15 is 0 Å². The molecule has 0 aromatic rings. The van der Waals surface area contributed by atoms with E-state index in [9.17, 15) is 0 Å². The van der Waals surface area contributed by atoms with Crippen molar-refractivity contribution in [2.45, 2.75) is 38.9 Å². The SMILES string of the molecule is CSCNCC1COC2C(CNCCCC(C)C)COC12. The minimum atomic E-state index is 0.307. The maximum absolute atomic E-state index is 6.02. The van der Waals surface area contributed by atoms with Gasteiger partial charge in [-0.05, 0) is 31.6 Å². The third kappa shape index (κ3) is 5.39. The second kappa shape index (κ2) is 9.36. The summed E-state index contributed by atoms with van der Waals surface area (Å²) in [5.41, 5.74) is 0. The largest absolute Gasteiger partial charge is 0.375 e. The number of hydrogen-bond acceptors (Lipinski definition) is 5. The van der Waals surface area contributed by atoms with Crippen LogP contribution in [0.25, 0.3) is 0 Å². The van der Waals surface area contributed by atoms with Gasteiger partial charge in [-0.25, -0.2) is 0 Å². The Morgan fingerprint density at radius 3 is 2.24 bits per heavy atom. The van der Waals surface area contributed by atoms with Gasteiger partial charge < -0.3 is 20.1 Å². The van der Waals surface area contributed by atoms with Crippen molar-refractivity contribution >= 4 is 11.8 Å². The number of ether oxygens (including phenoxy) is 2. The molecule has 5 heteroatoms. The first-order valence-electron chi connectivity index (χ1n) is 8.36. The molecule has 4 nitrogen and oxygen atoms in total. The summed E-state index contributed by atoms with van der Waals surface area (Å²) in [7, 11) is 0. The molecule has 2 N–H and O–H groups in total. The maximum atomic E-state index is 6.02. The summed E-state index contributed by atoms with van der Waals surface area (Å²) in [4.78, 5) is 0. The molecule has 2 aliphatic heterocycles. The van der Waals surface area contributed by atoms with Crippen molar-refractivity contribution in [2.75, 3.05) is 45.0 Å². The Morgan fingerprint density at radius 2 is 1.67 bits per heavy atom. The summed E-state index contributed by atoms with van der Waals surface area (Å²) in [6.45, 7) is 9.43. The van der Waals surface area contributed by atoms with E-state index < -0.39 is 0 Å². The van der Waals surface area contributed by atoms with E-state index in [0.717, 1.165) is 44.6 Å². The minimum Gasteiger partial charge on any atom is -0.375 e. The highest BCUT2D eigenvalue weighted by Crippen LogP contribution is 2.34. The van der Waals surface area contributed by atoms with E-state index in [4.69, 9.17) is 9.47 Å². The van der Waals surface area contributed by atoms with Crippen molar-refractivity contribution in [3.05, 3.63) is 0 Å². The Hall–Kier alpha value is 0.190. The zero-order valence-electron chi connectivity index (χ0n) is 13.8. The van der Waals surface area contributed by atoms with Crippen molar-refractivity contribution in [2.24, 2.45) is 17.8 Å². The zero-order chi connectivity index (χ0) is 15.1. The summed E-state index contributed by atoms with van der Waals surface area (Å²) >= 11 is 1.83. The van der Waals surface area contributed by atoms with Gasteiger partial charge in [-0.3, -0.25) is 0 Å². The monoisotopic (exact) mass is 316 g/mol. The van der Waals surface area contributed by atoms with Crippen LogP contribution in [0.5, 0.6) is 0 Å². The number of rotatable bonds is 10. The Morgan fingerprint density at radius 1 is 1.05 bits per heavy atom. The van der Waals surface area contributed by atoms with Crippen molar-refractivity contribution in [3.8, 4) is 0 Å². The predicted molar refractivity (Wildman–Crippen MR) is 89.8 cm³/mol. The number of hydrogen-bond donors (Lipinski definition) is 2. The molecule has 0 saturated carbocycles. The van der Waals surface area contributed by atoms with Crippen LogP contribution in [0.4, 0.5) is 0 Å². The molecule has 0 bridgehead atoms. The molecular formula is C16H32N2O2S. The highest BCUT2D eigenvalue weighted by atomic mass is 32.2. The molecule has 0 radical (unpaired) electrons. The van der Waals surface area contributed by atoms with E-state index in [0.29, 0.717) is 24.0 Å². The van der Waals surface area contributed by atoms with Gasteiger partial charge in [0.05, 0.1) is 25.4 Å². The van der Waals surface area contributed by atoms with Crippen molar-refractivity contribution in [3.63, 3.8) is 0 Å². The molecule has 0 aromatic carbocycles. The molecule has 4 unspecified atom stereocenters. The first-order valence-corrected chi connectivity index (χ1v) is 9.75. The van der Waals surface area contributed by atoms with Crippen LogP contribution in [-0.4, -0.2) is 57.2 Å². The quantitative estimate of drug-likeness (QED) is 0.476. The van der Waals surface area contributed by atoms with Gasteiger partial charge >= 0.3 is 0 Å². The molecule has 2 heterocycles. The summed E-state index contributed by atoms with van der Waals surface area (Å²) in [5.74, 6) is 2.86. The number of thioether (sulfide) groups is 1. The minimum absolute atomic E-state index is 0.307. The molecule has 0 aliphatic carbocycles. The molecule has 2 rings (SSSR count). The van der Waals surface area contributed by atoms with Crippen molar-refractivity contribution in [1.29, 1.82) is 0 Å². The van der Waals surface area contributed by atoms with Gasteiger partial charge in [0.1, 0.15) is 0 Å². The third-order valence-electron chi connectivity index (χ3n) is 4.45. The Labute approximate surface area is 134 Å². The molecule has 0 amide bonds. The Kier molecular flexibility index (Phi) is 7.82. The molecule has 0 aromatic heterocycles. The van der Waals surface area contributed by atoms with E-state index in [-0.39, 0.29) is 0 Å². The predicted octanol–water partition coefficient (Wildman–Crippen LogP) is 1.95. The van der Waals surface area contributed by atoms with Crippen LogP contribution < -0.4 is 10.6 Å². The molecular weight excluding hydrogens is 284 g/mol. The topological polar surface area (TPSA) is 42.5 Å². The Bertz CT molecular complexity index is 291. The number of nitrogens with one attached hydrogen (secondary N) is 2. The van der Waals surface area contributed by atoms with Crippen LogP contribution in [0.3, 0.4) is 0 Å². The van der Waals surface area contributed by atoms with E-state index in [1.54, 1.807) is 0 Å². The fraction of sp³-hybridized carbons (Fsp3) is 1.00. The molecule has 124 valence electrons. The lowest BCUT2D eigenvalue weighted by Gasteiger charge is -2.17. The Balaban J connectivity index is 1.62. The molecule has 21 heavy (non-hydrogen) atoms. The van der Waals surface area contributed by atoms with Crippen LogP contribution in [-0.2, 0) is 9.47 Å². The smallest absolute Gasteiger partial charge is 0.0903 e. The number of fused-ring (bicyclic) bond motifs is 1. The van der Waals surface area contributed by atoms with Gasteiger partial charge in [0, 0.05) is 30.8 Å². The van der Waals surface area contributed by atoms with E-state index in [1.165, 1.54) is 12.8 Å². The third-order valence-corrected chi connectivity index (χ3v) is 4.95. The summed E-state index contributed by atoms with van der Waals surface area (Å²) in [5, 5.41) is 7.05. The summed E-state index contributed by atoms with van der Waals surface area (Å²) < 4.78 is 12.0. The lowest BCUT2D eigenvalue weighted by atomic mass is 9.96. The van der Waals surface area contributed by atoms with Gasteiger partial charge in [-0.1, -0.05) is 13.8 Å². The molecule has 2 fully saturated rings. The van der Waals surface area contributed by atoms with Crippen LogP contribution in [0, 0.1) is 17.8 Å². The van der Waals surface area contributed by atoms with Crippen LogP contribution in [0.15, 0.2) is 0 Å². The summed E-state index contributed by atoms with van der Waals surface area (Å²) in [6, 6.07) is 0. The lowest BCUT2D eigenvalue weighted by Crippen LogP contribution is -2.35. The standard InChI is InChI=1S/C16H32N2O2S/c1-12(2)5-4-6-17-7-13-9-19-16-14(8-18-11-21-3)10-20-15(13)16/h12-18H,4-11H2,1-3H3. The lowest BCUT2D eigenvalue weighted by molar-refractivity contribution is 0.0605. The maximum Gasteiger partial charge on any atom is 0.0903 e. The second-order valence-electron chi connectivity index (χ2n) is 6.74. The normalized spacial score (nSPS) is 32.0. The van der Waals surface area contributed by atoms with Gasteiger partial charge in [-0.2, -0.15) is 0 Å². The molecule has 0 spiro atoms. The second-order valence-corrected chi connectivity index (χ2v) is 7.61. The fourth-order valence-corrected chi connectivity index (χ4v) is 3.60. The molecule has 2 saturated heterocycles. The van der Waals surface area contributed by atoms with Crippen LogP contribution in [0.2, 0.25) is 0 Å². The van der Waals surface area contributed by atoms with E-state index in [1.807, 2.05) is 11.8 Å². The van der Waals surface area contributed by atoms with E-state index in [2.05, 4.69) is 30.7 Å². The molecule has 2 aliphatic rings. The van der Waals surface area contributed by atoms with Gasteiger partial charge in [0.25, 0.3) is 0 Å². The van der Waals surface area contributed by atoms with Crippen LogP contribution >= 0.6 is 11.8 Å². The fourth-order valence-electron chi connectivity index (χ4n) is 3.28. The first kappa shape index (κ1) is 17.5. The molecule has 4 atom stereocenters. The highest BCUT2D eigenvalue weighted by Gasteiger charge is 2.46. The van der Waals surface area contributed by atoms with Gasteiger partial charge in [0.15, 0.2) is 0 Å². The van der Waals surface area contributed by atoms with Crippen LogP contribution in [0.1, 0.15) is 26.7 Å². The van der Waals surface area contributed by atoms with Crippen molar-refractivity contribution in [1.82, 2.24) is 10.6 Å². The van der Waals surface area contributed by atoms with Gasteiger partial charge in [0.2, 0.25) is 0 Å². The average Bonchev–Trinajstić information content (AvgIpc) is 3.02. The highest BCUT2D eigenvalue weighted by molar-refractivity contribution is 7.98. The van der Waals surface area contributed by atoms with Crippen molar-refractivity contribution < 1.29 is 9.47 Å².